The molecule has 0 bridgehead atoms. The minimum atomic E-state index is -1.45. The molecule has 5 N–H and O–H groups in total. The van der Waals surface area contributed by atoms with E-state index in [1.54, 1.807) is 4.98 Å². The topological polar surface area (TPSA) is 169 Å². The van der Waals surface area contributed by atoms with Gasteiger partial charge in [0.1, 0.15) is 11.6 Å². The molecule has 10 nitrogen and oxygen atoms in total. The summed E-state index contributed by atoms with van der Waals surface area (Å²) in [7, 11) is 0. The largest absolute Gasteiger partial charge is 0.481 e. The minimum Gasteiger partial charge on any atom is -0.481 e. The molecule has 0 radical (unpaired) electrons. The van der Waals surface area contributed by atoms with Crippen molar-refractivity contribution in [2.24, 2.45) is 0 Å². The molecule has 1 unspecified atom stereocenters. The lowest BCUT2D eigenvalue weighted by Crippen LogP contribution is -2.43. The van der Waals surface area contributed by atoms with E-state index in [9.17, 15) is 24.0 Å². The summed E-state index contributed by atoms with van der Waals surface area (Å²) in [4.78, 5) is 58.9. The lowest BCUT2D eigenvalue weighted by molar-refractivity contribution is -0.140. The Morgan fingerprint density at radius 2 is 1.90 bits per heavy atom. The van der Waals surface area contributed by atoms with Crippen LogP contribution in [0.5, 0.6) is 0 Å². The molecule has 1 rings (SSSR count). The molecule has 108 valence electrons. The van der Waals surface area contributed by atoms with Crippen molar-refractivity contribution >= 4 is 17.8 Å². The number of H-pyrrole nitrogens is 2. The molecule has 10 heteroatoms. The lowest BCUT2D eigenvalue weighted by atomic mass is 10.1. The molecule has 0 spiro atoms. The molecule has 0 saturated carbocycles. The number of aromatic nitrogens is 2. The molecule has 0 fully saturated rings. The summed E-state index contributed by atoms with van der Waals surface area (Å²) in [6.07, 6.45) is 0.0451. The van der Waals surface area contributed by atoms with Crippen LogP contribution in [0.4, 0.5) is 0 Å². The van der Waals surface area contributed by atoms with Crippen molar-refractivity contribution in [3.8, 4) is 0 Å². The van der Waals surface area contributed by atoms with Gasteiger partial charge in [0.05, 0.1) is 0 Å². The van der Waals surface area contributed by atoms with Gasteiger partial charge in [0.15, 0.2) is 0 Å². The maximum absolute atomic E-state index is 11.7. The molecule has 20 heavy (non-hydrogen) atoms. The van der Waals surface area contributed by atoms with Crippen molar-refractivity contribution in [2.75, 3.05) is 0 Å². The van der Waals surface area contributed by atoms with Gasteiger partial charge < -0.3 is 20.5 Å². The predicted octanol–water partition coefficient (Wildman–Crippen LogP) is -1.89. The standard InChI is InChI=1S/C10H11N3O7/c14-6(15)2-1-5(9(18)19)12-7(16)4-3-11-10(20)13-8(4)17/h3,5H,1-2H2,(H,12,16)(H,14,15)(H,18,19)(H2,11,13,17,20). The van der Waals surface area contributed by atoms with Crippen LogP contribution >= 0.6 is 0 Å². The van der Waals surface area contributed by atoms with E-state index in [0.29, 0.717) is 0 Å². The first-order chi connectivity index (χ1) is 9.31. The molecule has 0 aromatic carbocycles. The van der Waals surface area contributed by atoms with Crippen LogP contribution in [-0.4, -0.2) is 44.1 Å². The average Bonchev–Trinajstić information content (AvgIpc) is 2.33. The summed E-state index contributed by atoms with van der Waals surface area (Å²) in [5.41, 5.74) is -2.27. The van der Waals surface area contributed by atoms with Crippen LogP contribution in [0.2, 0.25) is 0 Å². The van der Waals surface area contributed by atoms with Crippen LogP contribution in [0.15, 0.2) is 15.8 Å². The van der Waals surface area contributed by atoms with Crippen LogP contribution in [0.3, 0.4) is 0 Å². The van der Waals surface area contributed by atoms with Crippen molar-refractivity contribution in [1.82, 2.24) is 15.3 Å². The van der Waals surface area contributed by atoms with E-state index >= 15 is 0 Å². The van der Waals surface area contributed by atoms with Crippen molar-refractivity contribution in [1.29, 1.82) is 0 Å². The van der Waals surface area contributed by atoms with Crippen molar-refractivity contribution in [3.05, 3.63) is 32.6 Å². The highest BCUT2D eigenvalue weighted by atomic mass is 16.4. The molecule has 0 aliphatic heterocycles. The van der Waals surface area contributed by atoms with E-state index in [-0.39, 0.29) is 6.42 Å². The molecule has 1 amide bonds. The van der Waals surface area contributed by atoms with Gasteiger partial charge in [-0.15, -0.1) is 0 Å². The van der Waals surface area contributed by atoms with Crippen LogP contribution < -0.4 is 16.6 Å². The summed E-state index contributed by atoms with van der Waals surface area (Å²) in [5.74, 6) is -3.67. The van der Waals surface area contributed by atoms with Gasteiger partial charge in [-0.25, -0.2) is 9.59 Å². The highest BCUT2D eigenvalue weighted by molar-refractivity contribution is 5.96. The average molecular weight is 285 g/mol. The van der Waals surface area contributed by atoms with Gasteiger partial charge in [0.25, 0.3) is 11.5 Å². The number of aliphatic carboxylic acids is 2. The van der Waals surface area contributed by atoms with E-state index in [1.165, 1.54) is 0 Å². The number of carboxylic acids is 2. The third-order valence-electron chi connectivity index (χ3n) is 2.31. The third-order valence-corrected chi connectivity index (χ3v) is 2.31. The first kappa shape index (κ1) is 15.1. The summed E-state index contributed by atoms with van der Waals surface area (Å²) in [6, 6.07) is -1.45. The number of hydrogen-bond donors (Lipinski definition) is 5. The molecular weight excluding hydrogens is 274 g/mol. The molecule has 1 heterocycles. The van der Waals surface area contributed by atoms with Gasteiger partial charge in [-0.2, -0.15) is 0 Å². The molecule has 1 aromatic heterocycles. The maximum Gasteiger partial charge on any atom is 0.326 e. The number of nitrogens with one attached hydrogen (secondary N) is 3. The smallest absolute Gasteiger partial charge is 0.326 e. The van der Waals surface area contributed by atoms with E-state index in [0.717, 1.165) is 6.20 Å². The Kier molecular flexibility index (Phi) is 4.78. The second kappa shape index (κ2) is 6.31. The third kappa shape index (κ3) is 4.08. The fourth-order valence-corrected chi connectivity index (χ4v) is 1.34. The van der Waals surface area contributed by atoms with Gasteiger partial charge in [-0.3, -0.25) is 19.4 Å². The Morgan fingerprint density at radius 1 is 1.25 bits per heavy atom. The van der Waals surface area contributed by atoms with Crippen molar-refractivity contribution < 1.29 is 24.6 Å². The summed E-state index contributed by atoms with van der Waals surface area (Å²) < 4.78 is 0. The van der Waals surface area contributed by atoms with Crippen LogP contribution in [0.25, 0.3) is 0 Å². The Balaban J connectivity index is 2.85. The maximum atomic E-state index is 11.7. The predicted molar refractivity (Wildman–Crippen MR) is 63.4 cm³/mol. The number of amides is 1. The summed E-state index contributed by atoms with van der Waals surface area (Å²) in [5, 5.41) is 19.3. The fraction of sp³-hybridized carbons (Fsp3) is 0.300. The molecule has 0 saturated heterocycles. The van der Waals surface area contributed by atoms with E-state index in [1.807, 2.05) is 5.32 Å². The zero-order valence-corrected chi connectivity index (χ0v) is 10.0. The quantitative estimate of drug-likeness (QED) is 0.406. The van der Waals surface area contributed by atoms with Gasteiger partial charge in [-0.1, -0.05) is 0 Å². The number of carbonyl (C=O) groups excluding carboxylic acids is 1. The van der Waals surface area contributed by atoms with Crippen LogP contribution in [0, 0.1) is 0 Å². The summed E-state index contributed by atoms with van der Waals surface area (Å²) in [6.45, 7) is 0. The second-order valence-corrected chi connectivity index (χ2v) is 3.78. The Morgan fingerprint density at radius 3 is 2.40 bits per heavy atom. The normalized spacial score (nSPS) is 11.6. The highest BCUT2D eigenvalue weighted by Crippen LogP contribution is 1.99. The monoisotopic (exact) mass is 285 g/mol. The van der Waals surface area contributed by atoms with E-state index in [2.05, 4.69) is 4.98 Å². The zero-order chi connectivity index (χ0) is 15.3. The van der Waals surface area contributed by atoms with Crippen molar-refractivity contribution in [2.45, 2.75) is 18.9 Å². The Hall–Kier alpha value is -2.91. The fourth-order valence-electron chi connectivity index (χ4n) is 1.34. The number of carbonyl (C=O) groups is 3. The second-order valence-electron chi connectivity index (χ2n) is 3.78. The molecular formula is C10H11N3O7. The molecule has 1 atom stereocenters. The first-order valence-electron chi connectivity index (χ1n) is 5.38. The minimum absolute atomic E-state index is 0.336. The van der Waals surface area contributed by atoms with Gasteiger partial charge in [-0.05, 0) is 6.42 Å². The number of hydrogen-bond acceptors (Lipinski definition) is 5. The van der Waals surface area contributed by atoms with E-state index < -0.39 is 47.1 Å². The van der Waals surface area contributed by atoms with Gasteiger partial charge >= 0.3 is 17.6 Å². The van der Waals surface area contributed by atoms with E-state index in [4.69, 9.17) is 10.2 Å². The van der Waals surface area contributed by atoms with Gasteiger partial charge in [0, 0.05) is 12.6 Å². The zero-order valence-electron chi connectivity index (χ0n) is 10.0. The molecule has 0 aliphatic rings. The number of aromatic amines is 2. The highest BCUT2D eigenvalue weighted by Gasteiger charge is 2.22. The Labute approximate surface area is 110 Å². The van der Waals surface area contributed by atoms with Crippen LogP contribution in [-0.2, 0) is 9.59 Å². The molecule has 0 aliphatic carbocycles. The van der Waals surface area contributed by atoms with Crippen molar-refractivity contribution in [3.63, 3.8) is 0 Å². The van der Waals surface area contributed by atoms with Crippen LogP contribution in [0.1, 0.15) is 23.2 Å². The molecule has 1 aromatic rings. The SMILES string of the molecule is O=C(O)CCC(NC(=O)c1c[nH]c(=O)[nH]c1=O)C(=O)O. The number of carboxylic acid groups (broad SMARTS) is 2. The van der Waals surface area contributed by atoms with Gasteiger partial charge in [0.2, 0.25) is 0 Å². The summed E-state index contributed by atoms with van der Waals surface area (Å²) >= 11 is 0. The first-order valence-corrected chi connectivity index (χ1v) is 5.38. The number of rotatable bonds is 6. The Bertz CT molecular complexity index is 645. The lowest BCUT2D eigenvalue weighted by Gasteiger charge is -2.12.